The Morgan fingerprint density at radius 2 is 1.93 bits per heavy atom. The molecule has 2 aliphatic rings. The van der Waals surface area contributed by atoms with Crippen molar-refractivity contribution in [1.82, 2.24) is 10.2 Å². The van der Waals surface area contributed by atoms with Crippen LogP contribution >= 0.6 is 0 Å². The second-order valence-corrected chi connectivity index (χ2v) is 8.83. The van der Waals surface area contributed by atoms with E-state index in [2.05, 4.69) is 32.2 Å². The second-order valence-electron chi connectivity index (χ2n) is 8.83. The summed E-state index contributed by atoms with van der Waals surface area (Å²) in [6.45, 7) is 8.41. The topological polar surface area (TPSA) is 78.9 Å². The first-order chi connectivity index (χ1) is 12.6. The molecule has 1 saturated carbocycles. The Balaban J connectivity index is 1.58. The van der Waals surface area contributed by atoms with Crippen molar-refractivity contribution in [2.45, 2.75) is 70.4 Å². The largest absolute Gasteiger partial charge is 0.491 e. The molecule has 6 nitrogen and oxygen atoms in total. The van der Waals surface area contributed by atoms with Crippen LogP contribution in [0.4, 0.5) is 4.79 Å². The number of imide groups is 1. The molecular formula is C21H30N2O4. The maximum atomic E-state index is 12.6. The molecule has 3 amide bonds. The van der Waals surface area contributed by atoms with Crippen molar-refractivity contribution < 1.29 is 19.4 Å². The smallest absolute Gasteiger partial charge is 0.325 e. The summed E-state index contributed by atoms with van der Waals surface area (Å²) >= 11 is 0. The summed E-state index contributed by atoms with van der Waals surface area (Å²) in [6.07, 6.45) is 2.31. The minimum Gasteiger partial charge on any atom is -0.491 e. The van der Waals surface area contributed by atoms with E-state index in [1.165, 1.54) is 5.56 Å². The molecule has 2 fully saturated rings. The van der Waals surface area contributed by atoms with Gasteiger partial charge in [-0.1, -0.05) is 45.7 Å². The molecule has 1 unspecified atom stereocenters. The molecule has 1 aromatic rings. The van der Waals surface area contributed by atoms with Crippen LogP contribution in [0.1, 0.15) is 57.6 Å². The van der Waals surface area contributed by atoms with Gasteiger partial charge in [0, 0.05) is 0 Å². The lowest BCUT2D eigenvalue weighted by Crippen LogP contribution is -2.45. The number of β-amino-alcohol motifs (C(OH)–C–C–N with tert-alkyl or cyclic N) is 1. The van der Waals surface area contributed by atoms with E-state index in [-0.39, 0.29) is 24.5 Å². The SMILES string of the molecule is Cc1cc(C(C)(C)C)ccc1OCC(O)CN1C(=O)NC2(CCCC2)C1=O. The molecule has 1 heterocycles. The third kappa shape index (κ3) is 3.95. The third-order valence-corrected chi connectivity index (χ3v) is 5.57. The van der Waals surface area contributed by atoms with E-state index < -0.39 is 17.7 Å². The normalized spacial score (nSPS) is 20.3. The highest BCUT2D eigenvalue weighted by atomic mass is 16.5. The van der Waals surface area contributed by atoms with Crippen LogP contribution in [-0.2, 0) is 10.2 Å². The summed E-state index contributed by atoms with van der Waals surface area (Å²) in [5.41, 5.74) is 1.53. The molecule has 0 aromatic heterocycles. The monoisotopic (exact) mass is 374 g/mol. The van der Waals surface area contributed by atoms with Gasteiger partial charge in [0.1, 0.15) is 24.0 Å². The van der Waals surface area contributed by atoms with Gasteiger partial charge in [-0.3, -0.25) is 9.69 Å². The maximum absolute atomic E-state index is 12.6. The average molecular weight is 374 g/mol. The van der Waals surface area contributed by atoms with E-state index in [1.54, 1.807) is 0 Å². The zero-order valence-corrected chi connectivity index (χ0v) is 16.7. The minimum absolute atomic E-state index is 0.0275. The van der Waals surface area contributed by atoms with Crippen LogP contribution in [-0.4, -0.2) is 46.7 Å². The Morgan fingerprint density at radius 3 is 2.52 bits per heavy atom. The van der Waals surface area contributed by atoms with Crippen LogP contribution in [0.2, 0.25) is 0 Å². The van der Waals surface area contributed by atoms with Crippen molar-refractivity contribution in [3.63, 3.8) is 0 Å². The van der Waals surface area contributed by atoms with Crippen molar-refractivity contribution in [2.75, 3.05) is 13.2 Å². The van der Waals surface area contributed by atoms with Gasteiger partial charge in [0.05, 0.1) is 6.54 Å². The highest BCUT2D eigenvalue weighted by Gasteiger charge is 2.52. The highest BCUT2D eigenvalue weighted by Crippen LogP contribution is 2.35. The standard InChI is InChI=1S/C21H30N2O4/c1-14-11-15(20(2,3)4)7-8-17(14)27-13-16(24)12-23-18(25)21(22-19(23)26)9-5-6-10-21/h7-8,11,16,24H,5-6,9-10,12-13H2,1-4H3,(H,22,26). The molecule has 2 N–H and O–H groups in total. The summed E-state index contributed by atoms with van der Waals surface area (Å²) in [5, 5.41) is 13.1. The molecular weight excluding hydrogens is 344 g/mol. The van der Waals surface area contributed by atoms with E-state index in [4.69, 9.17) is 4.74 Å². The molecule has 27 heavy (non-hydrogen) atoms. The molecule has 1 saturated heterocycles. The van der Waals surface area contributed by atoms with E-state index in [9.17, 15) is 14.7 Å². The van der Waals surface area contributed by atoms with Gasteiger partial charge in [-0.25, -0.2) is 4.79 Å². The number of nitrogens with one attached hydrogen (secondary N) is 1. The van der Waals surface area contributed by atoms with Crippen molar-refractivity contribution >= 4 is 11.9 Å². The first kappa shape index (κ1) is 19.7. The van der Waals surface area contributed by atoms with Crippen molar-refractivity contribution in [3.8, 4) is 5.75 Å². The average Bonchev–Trinajstić information content (AvgIpc) is 3.14. The third-order valence-electron chi connectivity index (χ3n) is 5.57. The van der Waals surface area contributed by atoms with Crippen LogP contribution in [0.3, 0.4) is 0 Å². The fourth-order valence-corrected chi connectivity index (χ4v) is 3.89. The Bertz CT molecular complexity index is 732. The molecule has 1 aliphatic heterocycles. The molecule has 0 radical (unpaired) electrons. The number of carbonyl (C=O) groups excluding carboxylic acids is 2. The summed E-state index contributed by atoms with van der Waals surface area (Å²) in [7, 11) is 0. The number of nitrogens with zero attached hydrogens (tertiary/aromatic N) is 1. The Labute approximate surface area is 160 Å². The van der Waals surface area contributed by atoms with Gasteiger partial charge in [0.25, 0.3) is 5.91 Å². The van der Waals surface area contributed by atoms with Gasteiger partial charge in [0.2, 0.25) is 0 Å². The molecule has 1 aromatic carbocycles. The summed E-state index contributed by atoms with van der Waals surface area (Å²) < 4.78 is 5.74. The van der Waals surface area contributed by atoms with E-state index in [1.807, 2.05) is 19.1 Å². The van der Waals surface area contributed by atoms with Crippen LogP contribution in [0.25, 0.3) is 0 Å². The summed E-state index contributed by atoms with van der Waals surface area (Å²) in [4.78, 5) is 25.9. The number of urea groups is 1. The Hall–Kier alpha value is -2.08. The molecule has 1 aliphatic carbocycles. The predicted octanol–water partition coefficient (Wildman–Crippen LogP) is 2.90. The fraction of sp³-hybridized carbons (Fsp3) is 0.619. The highest BCUT2D eigenvalue weighted by molar-refractivity contribution is 6.07. The number of hydrogen-bond acceptors (Lipinski definition) is 4. The quantitative estimate of drug-likeness (QED) is 0.777. The number of ether oxygens (including phenoxy) is 1. The number of aliphatic hydroxyl groups excluding tert-OH is 1. The Morgan fingerprint density at radius 1 is 1.26 bits per heavy atom. The zero-order valence-electron chi connectivity index (χ0n) is 16.7. The molecule has 1 spiro atoms. The van der Waals surface area contributed by atoms with Crippen LogP contribution in [0, 0.1) is 6.92 Å². The van der Waals surface area contributed by atoms with Crippen LogP contribution in [0.5, 0.6) is 5.75 Å². The first-order valence-corrected chi connectivity index (χ1v) is 9.68. The van der Waals surface area contributed by atoms with Crippen LogP contribution in [0.15, 0.2) is 18.2 Å². The van der Waals surface area contributed by atoms with E-state index in [0.29, 0.717) is 18.6 Å². The molecule has 148 valence electrons. The van der Waals surface area contributed by atoms with Gasteiger partial charge >= 0.3 is 6.03 Å². The summed E-state index contributed by atoms with van der Waals surface area (Å²) in [5.74, 6) is 0.487. The first-order valence-electron chi connectivity index (χ1n) is 9.68. The maximum Gasteiger partial charge on any atom is 0.325 e. The molecule has 0 bridgehead atoms. The number of aryl methyl sites for hydroxylation is 1. The van der Waals surface area contributed by atoms with Gasteiger partial charge in [-0.2, -0.15) is 0 Å². The van der Waals surface area contributed by atoms with Gasteiger partial charge < -0.3 is 15.2 Å². The fourth-order valence-electron chi connectivity index (χ4n) is 3.89. The minimum atomic E-state index is -0.932. The molecule has 3 rings (SSSR count). The van der Waals surface area contributed by atoms with E-state index in [0.717, 1.165) is 23.3 Å². The van der Waals surface area contributed by atoms with Gasteiger partial charge in [0.15, 0.2) is 0 Å². The van der Waals surface area contributed by atoms with Gasteiger partial charge in [-0.05, 0) is 42.4 Å². The van der Waals surface area contributed by atoms with Crippen molar-refractivity contribution in [3.05, 3.63) is 29.3 Å². The van der Waals surface area contributed by atoms with Crippen LogP contribution < -0.4 is 10.1 Å². The van der Waals surface area contributed by atoms with Gasteiger partial charge in [-0.15, -0.1) is 0 Å². The van der Waals surface area contributed by atoms with E-state index >= 15 is 0 Å². The van der Waals surface area contributed by atoms with Crippen molar-refractivity contribution in [1.29, 1.82) is 0 Å². The number of carbonyl (C=O) groups is 2. The predicted molar refractivity (Wildman–Crippen MR) is 103 cm³/mol. The molecule has 1 atom stereocenters. The molecule has 6 heteroatoms. The zero-order chi connectivity index (χ0) is 19.8. The lowest BCUT2D eigenvalue weighted by atomic mass is 9.86. The van der Waals surface area contributed by atoms with Crippen molar-refractivity contribution in [2.24, 2.45) is 0 Å². The number of amides is 3. The second kappa shape index (κ2) is 7.15. The number of rotatable bonds is 5. The number of benzene rings is 1. The number of hydrogen-bond donors (Lipinski definition) is 2. The lowest BCUT2D eigenvalue weighted by molar-refractivity contribution is -0.132. The lowest BCUT2D eigenvalue weighted by Gasteiger charge is -2.22. The number of aliphatic hydroxyl groups is 1. The Kier molecular flexibility index (Phi) is 5.21. The summed E-state index contributed by atoms with van der Waals surface area (Å²) in [6, 6.07) is 5.61.